The number of carbonyl (C=O) groups is 3. The number of aromatic carboxylic acids is 1. The number of aliphatic carboxylic acids is 1. The summed E-state index contributed by atoms with van der Waals surface area (Å²) in [7, 11) is 5.52. The highest BCUT2D eigenvalue weighted by Gasteiger charge is 2.28. The van der Waals surface area contributed by atoms with E-state index in [1.54, 1.807) is 48.5 Å². The standard InChI is InChI=1S/C30H29NO8/c1-31(2,3)16-19(14-26(32)33)39-30(38)25-13-18-9-5-7-11-21(18)23(28(25)35)15-22-20-10-6-4-8-17(20)12-24(27(22)34)29(36)37/h4-13,19H,14-16H2,1-3H3,(H3-,32,33,34,35,36,37,38)/t19-/m1/s1. The van der Waals surface area contributed by atoms with Gasteiger partial charge in [-0.1, -0.05) is 48.5 Å². The molecule has 0 amide bonds. The molecule has 4 aromatic carbocycles. The highest BCUT2D eigenvalue weighted by Crippen LogP contribution is 2.39. The van der Waals surface area contributed by atoms with Crippen molar-refractivity contribution in [2.24, 2.45) is 0 Å². The van der Waals surface area contributed by atoms with Crippen LogP contribution in [0.5, 0.6) is 11.5 Å². The van der Waals surface area contributed by atoms with Gasteiger partial charge in [0.05, 0.1) is 33.5 Å². The summed E-state index contributed by atoms with van der Waals surface area (Å²) < 4.78 is 5.92. The number of carboxylic acids is 2. The Balaban J connectivity index is 1.85. The van der Waals surface area contributed by atoms with Gasteiger partial charge in [0.25, 0.3) is 0 Å². The summed E-state index contributed by atoms with van der Waals surface area (Å²) >= 11 is 0. The van der Waals surface area contributed by atoms with Gasteiger partial charge in [0.2, 0.25) is 0 Å². The van der Waals surface area contributed by atoms with Gasteiger partial charge in [-0.15, -0.1) is 0 Å². The summed E-state index contributed by atoms with van der Waals surface area (Å²) in [6.07, 6.45) is -1.46. The molecular weight excluding hydrogens is 502 g/mol. The minimum absolute atomic E-state index is 0.113. The number of fused-ring (bicyclic) bond motifs is 2. The number of ether oxygens (including phenoxy) is 1. The first kappa shape index (κ1) is 27.4. The maximum absolute atomic E-state index is 13.3. The van der Waals surface area contributed by atoms with Gasteiger partial charge in [0, 0.05) is 23.1 Å². The molecule has 0 unspecified atom stereocenters. The molecule has 0 aliphatic rings. The van der Waals surface area contributed by atoms with E-state index in [-0.39, 0.29) is 35.2 Å². The number of aromatic hydroxyl groups is 2. The second kappa shape index (κ2) is 10.6. The average Bonchev–Trinajstić information content (AvgIpc) is 2.84. The highest BCUT2D eigenvalue weighted by atomic mass is 16.5. The molecule has 0 aliphatic heterocycles. The molecule has 0 heterocycles. The van der Waals surface area contributed by atoms with Crippen molar-refractivity contribution >= 4 is 39.5 Å². The van der Waals surface area contributed by atoms with Crippen LogP contribution in [-0.4, -0.2) is 71.5 Å². The fourth-order valence-corrected chi connectivity index (χ4v) is 4.83. The van der Waals surface area contributed by atoms with Gasteiger partial charge in [-0.3, -0.25) is 4.79 Å². The van der Waals surface area contributed by atoms with Crippen molar-refractivity contribution in [1.29, 1.82) is 0 Å². The zero-order valence-electron chi connectivity index (χ0n) is 21.8. The fourth-order valence-electron chi connectivity index (χ4n) is 4.83. The third-order valence-electron chi connectivity index (χ3n) is 6.47. The van der Waals surface area contributed by atoms with Crippen LogP contribution < -0.4 is 5.11 Å². The average molecular weight is 532 g/mol. The van der Waals surface area contributed by atoms with Gasteiger partial charge in [0.1, 0.15) is 23.6 Å². The van der Waals surface area contributed by atoms with Crippen LogP contribution >= 0.6 is 0 Å². The summed E-state index contributed by atoms with van der Waals surface area (Å²) in [5.74, 6) is -4.46. The Bertz CT molecular complexity index is 1600. The lowest BCUT2D eigenvalue weighted by Crippen LogP contribution is -2.43. The Kier molecular flexibility index (Phi) is 7.47. The fraction of sp³-hybridized carbons (Fsp3) is 0.233. The third kappa shape index (κ3) is 5.94. The van der Waals surface area contributed by atoms with E-state index in [2.05, 4.69) is 0 Å². The third-order valence-corrected chi connectivity index (χ3v) is 6.47. The summed E-state index contributed by atoms with van der Waals surface area (Å²) in [5.41, 5.74) is -0.0373. The number of hydrogen-bond donors (Lipinski definition) is 3. The normalized spacial score (nSPS) is 12.4. The van der Waals surface area contributed by atoms with Crippen LogP contribution in [0, 0.1) is 0 Å². The van der Waals surface area contributed by atoms with Crippen molar-refractivity contribution < 1.29 is 44.0 Å². The molecule has 1 atom stereocenters. The topological polar surface area (TPSA) is 144 Å². The van der Waals surface area contributed by atoms with E-state index in [9.17, 15) is 34.8 Å². The highest BCUT2D eigenvalue weighted by molar-refractivity contribution is 6.02. The molecule has 0 aliphatic carbocycles. The van der Waals surface area contributed by atoms with E-state index in [0.29, 0.717) is 26.0 Å². The lowest BCUT2D eigenvalue weighted by molar-refractivity contribution is -0.873. The predicted octanol–water partition coefficient (Wildman–Crippen LogP) is 3.06. The number of benzene rings is 4. The van der Waals surface area contributed by atoms with Crippen LogP contribution in [0.1, 0.15) is 38.3 Å². The monoisotopic (exact) mass is 531 g/mol. The first-order chi connectivity index (χ1) is 18.4. The quantitative estimate of drug-likeness (QED) is 0.221. The zero-order chi connectivity index (χ0) is 28.5. The molecule has 0 bridgehead atoms. The van der Waals surface area contributed by atoms with Crippen molar-refractivity contribution in [3.05, 3.63) is 82.9 Å². The van der Waals surface area contributed by atoms with E-state index in [0.717, 1.165) is 0 Å². The molecular formula is C30H29NO8. The number of phenols is 2. The second-order valence-corrected chi connectivity index (χ2v) is 10.5. The van der Waals surface area contributed by atoms with Crippen molar-refractivity contribution in [3.8, 4) is 11.5 Å². The molecule has 3 N–H and O–H groups in total. The number of quaternary nitrogens is 1. The van der Waals surface area contributed by atoms with Crippen LogP contribution in [0.2, 0.25) is 0 Å². The first-order valence-electron chi connectivity index (χ1n) is 12.3. The smallest absolute Gasteiger partial charge is 0.342 e. The van der Waals surface area contributed by atoms with E-state index in [1.807, 2.05) is 21.1 Å². The number of carbonyl (C=O) groups excluding carboxylic acids is 2. The minimum atomic E-state index is -1.55. The van der Waals surface area contributed by atoms with Gasteiger partial charge in [0.15, 0.2) is 6.10 Å². The Morgan fingerprint density at radius 2 is 1.33 bits per heavy atom. The summed E-state index contributed by atoms with van der Waals surface area (Å²) in [6.45, 7) is 0.231. The molecule has 39 heavy (non-hydrogen) atoms. The Labute approximate surface area is 224 Å². The number of hydrogen-bond acceptors (Lipinski definition) is 7. The van der Waals surface area contributed by atoms with Crippen LogP contribution in [-0.2, 0) is 16.0 Å². The van der Waals surface area contributed by atoms with Crippen molar-refractivity contribution in [2.75, 3.05) is 27.7 Å². The maximum atomic E-state index is 13.3. The molecule has 0 spiro atoms. The molecule has 0 saturated carbocycles. The maximum Gasteiger partial charge on any atom is 0.342 e. The van der Waals surface area contributed by atoms with Gasteiger partial charge >= 0.3 is 11.9 Å². The first-order valence-corrected chi connectivity index (χ1v) is 12.3. The number of phenolic OH excluding ortho intramolecular Hbond substituents is 1. The Hall–Kier alpha value is -4.63. The van der Waals surface area contributed by atoms with Crippen LogP contribution in [0.15, 0.2) is 60.7 Å². The number of nitrogens with zero attached hydrogens (tertiary/aromatic N) is 1. The second-order valence-electron chi connectivity index (χ2n) is 10.5. The van der Waals surface area contributed by atoms with Gasteiger partial charge < -0.3 is 34.4 Å². The van der Waals surface area contributed by atoms with E-state index in [4.69, 9.17) is 4.74 Å². The largest absolute Gasteiger partial charge is 0.545 e. The van der Waals surface area contributed by atoms with Crippen molar-refractivity contribution in [1.82, 2.24) is 0 Å². The number of esters is 1. The van der Waals surface area contributed by atoms with Gasteiger partial charge in [-0.2, -0.15) is 0 Å². The van der Waals surface area contributed by atoms with Crippen LogP contribution in [0.4, 0.5) is 0 Å². The molecule has 4 rings (SSSR count). The summed E-state index contributed by atoms with van der Waals surface area (Å²) in [5, 5.41) is 45.7. The van der Waals surface area contributed by atoms with Crippen LogP contribution in [0.3, 0.4) is 0 Å². The molecule has 0 aromatic heterocycles. The predicted molar refractivity (Wildman–Crippen MR) is 143 cm³/mol. The lowest BCUT2D eigenvalue weighted by atomic mass is 9.90. The minimum Gasteiger partial charge on any atom is -0.545 e. The molecule has 4 aromatic rings. The molecule has 9 heteroatoms. The zero-order valence-corrected chi connectivity index (χ0v) is 21.8. The van der Waals surface area contributed by atoms with Crippen molar-refractivity contribution in [2.45, 2.75) is 18.9 Å². The molecule has 9 nitrogen and oxygen atoms in total. The summed E-state index contributed by atoms with van der Waals surface area (Å²) in [6, 6.07) is 16.7. The number of rotatable bonds is 9. The van der Waals surface area contributed by atoms with Crippen LogP contribution in [0.25, 0.3) is 21.5 Å². The molecule has 0 saturated heterocycles. The van der Waals surface area contributed by atoms with E-state index in [1.165, 1.54) is 12.1 Å². The number of likely N-dealkylation sites (N-methyl/N-ethyl adjacent to an activating group) is 1. The Morgan fingerprint density at radius 1 is 0.846 bits per heavy atom. The SMILES string of the molecule is C[N+](C)(C)C[C@@H](CC(=O)O)OC(=O)c1cc2ccccc2c(Cc2c(O)c(C(=O)[O-])cc3ccccc23)c1O. The van der Waals surface area contributed by atoms with E-state index < -0.39 is 41.9 Å². The van der Waals surface area contributed by atoms with E-state index >= 15 is 0 Å². The molecule has 0 fully saturated rings. The summed E-state index contributed by atoms with van der Waals surface area (Å²) in [4.78, 5) is 36.5. The lowest BCUT2D eigenvalue weighted by Gasteiger charge is -2.28. The number of carboxylic acid groups (broad SMARTS) is 2. The van der Waals surface area contributed by atoms with Crippen molar-refractivity contribution in [3.63, 3.8) is 0 Å². The molecule has 202 valence electrons. The van der Waals surface area contributed by atoms with Gasteiger partial charge in [-0.25, -0.2) is 4.79 Å². The molecule has 0 radical (unpaired) electrons. The van der Waals surface area contributed by atoms with Gasteiger partial charge in [-0.05, 0) is 33.7 Å². The Morgan fingerprint density at radius 3 is 1.82 bits per heavy atom.